The maximum atomic E-state index is 14.9. The zero-order valence-corrected chi connectivity index (χ0v) is 16.3. The van der Waals surface area contributed by atoms with Crippen LogP contribution < -0.4 is 10.2 Å². The minimum atomic E-state index is -0.512. The van der Waals surface area contributed by atoms with E-state index in [-0.39, 0.29) is 13.2 Å². The largest absolute Gasteiger partial charge is 0.395 e. The first-order valence-electron chi connectivity index (χ1n) is 9.41. The van der Waals surface area contributed by atoms with Crippen molar-refractivity contribution in [2.45, 2.75) is 6.92 Å². The fourth-order valence-corrected chi connectivity index (χ4v) is 3.35. The van der Waals surface area contributed by atoms with Gasteiger partial charge in [-0.2, -0.15) is 0 Å². The van der Waals surface area contributed by atoms with E-state index in [2.05, 4.69) is 20.3 Å². The predicted octanol–water partition coefficient (Wildman–Crippen LogP) is 4.10. The van der Waals surface area contributed by atoms with Gasteiger partial charge in [-0.1, -0.05) is 18.2 Å². The zero-order chi connectivity index (χ0) is 21.1. The molecule has 0 bridgehead atoms. The van der Waals surface area contributed by atoms with Gasteiger partial charge >= 0.3 is 6.03 Å². The Morgan fingerprint density at radius 2 is 2.00 bits per heavy atom. The van der Waals surface area contributed by atoms with Crippen LogP contribution >= 0.6 is 0 Å². The molecule has 4 aromatic rings. The normalized spacial score (nSPS) is 10.9. The average Bonchev–Trinajstić information content (AvgIpc) is 3.14. The molecule has 2 heterocycles. The number of urea groups is 1. The molecule has 7 nitrogen and oxygen atoms in total. The van der Waals surface area contributed by atoms with E-state index in [1.807, 2.05) is 13.0 Å². The van der Waals surface area contributed by atoms with E-state index < -0.39 is 11.8 Å². The smallest absolute Gasteiger partial charge is 0.326 e. The molecule has 0 fully saturated rings. The molecular weight excluding hydrogens is 385 g/mol. The molecule has 8 heteroatoms. The molecule has 0 radical (unpaired) electrons. The number of halogens is 1. The summed E-state index contributed by atoms with van der Waals surface area (Å²) in [6, 6.07) is 12.9. The molecule has 0 spiro atoms. The Labute approximate surface area is 172 Å². The summed E-state index contributed by atoms with van der Waals surface area (Å²) >= 11 is 0. The van der Waals surface area contributed by atoms with E-state index in [4.69, 9.17) is 0 Å². The van der Waals surface area contributed by atoms with Crippen molar-refractivity contribution in [3.63, 3.8) is 0 Å². The van der Waals surface area contributed by atoms with Crippen molar-refractivity contribution in [3.05, 3.63) is 72.4 Å². The van der Waals surface area contributed by atoms with Crippen LogP contribution in [-0.2, 0) is 0 Å². The molecule has 0 saturated carbocycles. The Kier molecular flexibility index (Phi) is 5.40. The Hall–Kier alpha value is -3.78. The zero-order valence-electron chi connectivity index (χ0n) is 16.3. The number of amides is 2. The number of aliphatic hydroxyl groups excluding tert-OH is 1. The fourth-order valence-electron chi connectivity index (χ4n) is 3.35. The first-order valence-corrected chi connectivity index (χ1v) is 9.41. The number of aromatic amines is 1. The van der Waals surface area contributed by atoms with Gasteiger partial charge in [0.2, 0.25) is 0 Å². The number of H-pyrrole nitrogens is 1. The van der Waals surface area contributed by atoms with Crippen molar-refractivity contribution in [2.24, 2.45) is 0 Å². The Morgan fingerprint density at radius 1 is 1.20 bits per heavy atom. The van der Waals surface area contributed by atoms with Crippen LogP contribution in [0.15, 0.2) is 61.1 Å². The van der Waals surface area contributed by atoms with Crippen LogP contribution in [0.5, 0.6) is 0 Å². The summed E-state index contributed by atoms with van der Waals surface area (Å²) in [4.78, 5) is 25.6. The molecule has 0 aliphatic heterocycles. The third-order valence-electron chi connectivity index (χ3n) is 4.78. The molecule has 0 aliphatic carbocycles. The van der Waals surface area contributed by atoms with Crippen molar-refractivity contribution in [2.75, 3.05) is 23.4 Å². The van der Waals surface area contributed by atoms with Crippen molar-refractivity contribution in [3.8, 4) is 11.3 Å². The van der Waals surface area contributed by atoms with Crippen LogP contribution in [0.1, 0.15) is 5.56 Å². The second kappa shape index (κ2) is 8.30. The van der Waals surface area contributed by atoms with Crippen LogP contribution in [0.2, 0.25) is 0 Å². The van der Waals surface area contributed by atoms with Gasteiger partial charge in [0, 0.05) is 28.5 Å². The van der Waals surface area contributed by atoms with E-state index in [0.717, 1.165) is 10.9 Å². The highest BCUT2D eigenvalue weighted by Gasteiger charge is 2.18. The summed E-state index contributed by atoms with van der Waals surface area (Å²) in [6.45, 7) is 1.81. The molecule has 30 heavy (non-hydrogen) atoms. The number of aliphatic hydroxyl groups is 1. The fraction of sp³-hybridized carbons (Fsp3) is 0.136. The quantitative estimate of drug-likeness (QED) is 0.466. The third kappa shape index (κ3) is 3.72. The van der Waals surface area contributed by atoms with Crippen LogP contribution in [0.4, 0.5) is 20.6 Å². The van der Waals surface area contributed by atoms with Gasteiger partial charge < -0.3 is 15.4 Å². The van der Waals surface area contributed by atoms with Crippen molar-refractivity contribution >= 4 is 28.4 Å². The highest BCUT2D eigenvalue weighted by molar-refractivity contribution is 6.02. The lowest BCUT2D eigenvalue weighted by atomic mass is 10.1. The molecule has 2 amide bonds. The monoisotopic (exact) mass is 405 g/mol. The average molecular weight is 405 g/mol. The number of hydrogen-bond donors (Lipinski definition) is 3. The molecule has 0 unspecified atom stereocenters. The highest BCUT2D eigenvalue weighted by Crippen LogP contribution is 2.31. The van der Waals surface area contributed by atoms with Crippen LogP contribution in [0.25, 0.3) is 22.3 Å². The predicted molar refractivity (Wildman–Crippen MR) is 114 cm³/mol. The number of nitrogens with one attached hydrogen (secondary N) is 2. The number of carbonyl (C=O) groups is 1. The van der Waals surface area contributed by atoms with Crippen LogP contribution in [-0.4, -0.2) is 39.2 Å². The van der Waals surface area contributed by atoms with Gasteiger partial charge in [-0.15, -0.1) is 0 Å². The Balaban J connectivity index is 1.62. The first kappa shape index (κ1) is 19.5. The summed E-state index contributed by atoms with van der Waals surface area (Å²) in [6.07, 6.45) is 3.18. The number of hydrogen-bond acceptors (Lipinski definition) is 4. The first-order chi connectivity index (χ1) is 14.6. The number of aryl methyl sites for hydroxylation is 1. The van der Waals surface area contributed by atoms with Gasteiger partial charge in [0.05, 0.1) is 18.8 Å². The van der Waals surface area contributed by atoms with Gasteiger partial charge in [0.25, 0.3) is 0 Å². The number of aromatic nitrogens is 3. The van der Waals surface area contributed by atoms with Gasteiger partial charge in [-0.05, 0) is 42.8 Å². The maximum absolute atomic E-state index is 14.9. The van der Waals surface area contributed by atoms with Gasteiger partial charge in [0.1, 0.15) is 17.8 Å². The van der Waals surface area contributed by atoms with E-state index in [9.17, 15) is 14.3 Å². The molecule has 3 N–H and O–H groups in total. The molecule has 0 aliphatic rings. The second-order valence-electron chi connectivity index (χ2n) is 6.75. The number of rotatable bonds is 5. The van der Waals surface area contributed by atoms with Crippen LogP contribution in [0, 0.1) is 12.7 Å². The molecule has 0 saturated heterocycles. The molecule has 2 aromatic carbocycles. The minimum absolute atomic E-state index is 0.113. The highest BCUT2D eigenvalue weighted by atomic mass is 19.1. The molecule has 4 rings (SSSR count). The summed E-state index contributed by atoms with van der Waals surface area (Å²) in [5.41, 5.74) is 3.29. The number of fused-ring (bicyclic) bond motifs is 1. The van der Waals surface area contributed by atoms with E-state index in [0.29, 0.717) is 28.3 Å². The molecule has 2 aromatic heterocycles. The topological polar surface area (TPSA) is 94.1 Å². The second-order valence-corrected chi connectivity index (χ2v) is 6.75. The van der Waals surface area contributed by atoms with Crippen LogP contribution in [0.3, 0.4) is 0 Å². The van der Waals surface area contributed by atoms with Crippen molar-refractivity contribution in [1.29, 1.82) is 0 Å². The number of para-hydroxylation sites is 1. The third-order valence-corrected chi connectivity index (χ3v) is 4.78. The number of nitrogens with zero attached hydrogens (tertiary/aromatic N) is 3. The van der Waals surface area contributed by atoms with Crippen molar-refractivity contribution in [1.82, 2.24) is 15.0 Å². The molecule has 0 atom stereocenters. The number of anilines is 2. The number of benzene rings is 2. The molecular formula is C22H20FN5O2. The molecule has 152 valence electrons. The minimum Gasteiger partial charge on any atom is -0.395 e. The number of carbonyl (C=O) groups excluding carboxylic acids is 1. The van der Waals surface area contributed by atoms with E-state index in [1.54, 1.807) is 42.6 Å². The summed E-state index contributed by atoms with van der Waals surface area (Å²) in [7, 11) is 0. The van der Waals surface area contributed by atoms with Crippen molar-refractivity contribution < 1.29 is 14.3 Å². The Morgan fingerprint density at radius 3 is 2.73 bits per heavy atom. The lowest BCUT2D eigenvalue weighted by molar-refractivity contribution is 0.252. The van der Waals surface area contributed by atoms with Gasteiger partial charge in [-0.25, -0.2) is 19.2 Å². The van der Waals surface area contributed by atoms with E-state index in [1.165, 1.54) is 17.3 Å². The summed E-state index contributed by atoms with van der Waals surface area (Å²) in [5.74, 6) is -0.512. The van der Waals surface area contributed by atoms with Gasteiger partial charge in [0.15, 0.2) is 0 Å². The maximum Gasteiger partial charge on any atom is 0.326 e. The van der Waals surface area contributed by atoms with E-state index >= 15 is 0 Å². The summed E-state index contributed by atoms with van der Waals surface area (Å²) < 4.78 is 14.9. The van der Waals surface area contributed by atoms with Gasteiger partial charge in [-0.3, -0.25) is 4.90 Å². The lowest BCUT2D eigenvalue weighted by Crippen LogP contribution is -2.37. The SMILES string of the molecule is Cc1c[nH]c2ncnc(-c3ccc(NC(=O)N(CCO)c4ccccc4)cc3F)c12. The Bertz CT molecular complexity index is 1190. The summed E-state index contributed by atoms with van der Waals surface area (Å²) in [5, 5.41) is 12.8. The lowest BCUT2D eigenvalue weighted by Gasteiger charge is -2.22. The standard InChI is InChI=1S/C22H20FN5O2/c1-14-12-24-21-19(14)20(25-13-26-21)17-8-7-15(11-18(17)23)27-22(30)28(9-10-29)16-5-3-2-4-6-16/h2-8,11-13,29H,9-10H2,1H3,(H,27,30)(H,24,25,26).